The number of nitrogens with zero attached hydrogens (tertiary/aromatic N) is 4. The summed E-state index contributed by atoms with van der Waals surface area (Å²) in [6.45, 7) is 7.83. The molecule has 0 aromatic heterocycles. The lowest BCUT2D eigenvalue weighted by Gasteiger charge is -2.35. The van der Waals surface area contributed by atoms with Crippen LogP contribution >= 0.6 is 0 Å². The van der Waals surface area contributed by atoms with Crippen molar-refractivity contribution in [1.82, 2.24) is 5.01 Å². The molecule has 0 radical (unpaired) electrons. The van der Waals surface area contributed by atoms with E-state index in [1.165, 1.54) is 23.9 Å². The molecule has 0 N–H and O–H groups in total. The van der Waals surface area contributed by atoms with Gasteiger partial charge < -0.3 is 9.64 Å². The first-order valence-electron chi connectivity index (χ1n) is 8.74. The minimum atomic E-state index is -0.351. The minimum Gasteiger partial charge on any atom is -0.465 e. The number of hydrogen-bond acceptors (Lipinski definition) is 5. The summed E-state index contributed by atoms with van der Waals surface area (Å²) in [6.07, 6.45) is 0. The number of carbonyl (C=O) groups is 1. The SMILES string of the molecule is COC(=O)c1ccc(N=NN2CCN(c3cccc(C)c3C)CC2)cc1. The maximum atomic E-state index is 11.4. The van der Waals surface area contributed by atoms with Crippen LogP contribution in [0.3, 0.4) is 0 Å². The molecule has 6 heteroatoms. The summed E-state index contributed by atoms with van der Waals surface area (Å²) in [6, 6.07) is 13.4. The molecule has 0 atom stereocenters. The van der Waals surface area contributed by atoms with Gasteiger partial charge in [-0.25, -0.2) is 4.79 Å². The smallest absolute Gasteiger partial charge is 0.337 e. The van der Waals surface area contributed by atoms with Crippen LogP contribution in [0.5, 0.6) is 0 Å². The molecule has 0 amide bonds. The molecule has 0 aliphatic carbocycles. The van der Waals surface area contributed by atoms with E-state index >= 15 is 0 Å². The second-order valence-electron chi connectivity index (χ2n) is 6.39. The number of carbonyl (C=O) groups excluding carboxylic acids is 1. The van der Waals surface area contributed by atoms with Crippen molar-refractivity contribution >= 4 is 17.3 Å². The lowest BCUT2D eigenvalue weighted by molar-refractivity contribution is 0.0601. The van der Waals surface area contributed by atoms with E-state index in [0.29, 0.717) is 5.56 Å². The molecular formula is C20H24N4O2. The Bertz CT molecular complexity index is 794. The Morgan fingerprint density at radius 2 is 1.69 bits per heavy atom. The van der Waals surface area contributed by atoms with Crippen LogP contribution in [0.1, 0.15) is 21.5 Å². The summed E-state index contributed by atoms with van der Waals surface area (Å²) >= 11 is 0. The summed E-state index contributed by atoms with van der Waals surface area (Å²) in [5, 5.41) is 10.6. The molecule has 6 nitrogen and oxygen atoms in total. The van der Waals surface area contributed by atoms with Crippen molar-refractivity contribution in [3.8, 4) is 0 Å². The Kier molecular flexibility index (Phi) is 5.51. The van der Waals surface area contributed by atoms with E-state index in [2.05, 4.69) is 52.0 Å². The van der Waals surface area contributed by atoms with E-state index in [4.69, 9.17) is 0 Å². The molecule has 1 saturated heterocycles. The average molecular weight is 352 g/mol. The highest BCUT2D eigenvalue weighted by molar-refractivity contribution is 5.89. The van der Waals surface area contributed by atoms with E-state index in [-0.39, 0.29) is 5.97 Å². The molecule has 0 unspecified atom stereocenters. The van der Waals surface area contributed by atoms with Crippen molar-refractivity contribution in [3.63, 3.8) is 0 Å². The van der Waals surface area contributed by atoms with Gasteiger partial charge in [0.1, 0.15) is 0 Å². The summed E-state index contributed by atoms with van der Waals surface area (Å²) in [5.41, 5.74) is 5.19. The Morgan fingerprint density at radius 1 is 1.00 bits per heavy atom. The van der Waals surface area contributed by atoms with Gasteiger partial charge in [-0.05, 0) is 55.3 Å². The molecule has 1 aliphatic heterocycles. The monoisotopic (exact) mass is 352 g/mol. The van der Waals surface area contributed by atoms with E-state index in [1.807, 2.05) is 5.01 Å². The molecule has 1 fully saturated rings. The third-order valence-electron chi connectivity index (χ3n) is 4.75. The average Bonchev–Trinajstić information content (AvgIpc) is 2.69. The molecule has 26 heavy (non-hydrogen) atoms. The summed E-state index contributed by atoms with van der Waals surface area (Å²) in [7, 11) is 1.37. The van der Waals surface area contributed by atoms with Gasteiger partial charge in [0.05, 0.1) is 31.5 Å². The minimum absolute atomic E-state index is 0.351. The van der Waals surface area contributed by atoms with Crippen LogP contribution < -0.4 is 4.90 Å². The molecule has 3 rings (SSSR count). The van der Waals surface area contributed by atoms with Crippen molar-refractivity contribution < 1.29 is 9.53 Å². The normalized spacial score (nSPS) is 14.7. The topological polar surface area (TPSA) is 57.5 Å². The number of anilines is 1. The molecule has 136 valence electrons. The zero-order valence-electron chi connectivity index (χ0n) is 15.5. The zero-order valence-corrected chi connectivity index (χ0v) is 15.5. The molecule has 1 aliphatic rings. The van der Waals surface area contributed by atoms with Crippen molar-refractivity contribution in [1.29, 1.82) is 0 Å². The predicted molar refractivity (Wildman–Crippen MR) is 102 cm³/mol. The second kappa shape index (κ2) is 7.99. The van der Waals surface area contributed by atoms with Crippen molar-refractivity contribution in [2.45, 2.75) is 13.8 Å². The van der Waals surface area contributed by atoms with Gasteiger partial charge in [-0.2, -0.15) is 0 Å². The molecular weight excluding hydrogens is 328 g/mol. The fourth-order valence-corrected chi connectivity index (χ4v) is 3.00. The van der Waals surface area contributed by atoms with Crippen molar-refractivity contribution in [2.24, 2.45) is 10.3 Å². The standard InChI is InChI=1S/C20H24N4O2/c1-15-5-4-6-19(16(15)2)23-11-13-24(14-12-23)22-21-18-9-7-17(8-10-18)20(25)26-3/h4-10H,11-14H2,1-3H3. The zero-order chi connectivity index (χ0) is 18.5. The molecule has 0 saturated carbocycles. The number of methoxy groups -OCH3 is 1. The van der Waals surface area contributed by atoms with Crippen molar-refractivity contribution in [2.75, 3.05) is 38.2 Å². The Morgan fingerprint density at radius 3 is 2.35 bits per heavy atom. The van der Waals surface area contributed by atoms with Gasteiger partial charge >= 0.3 is 5.97 Å². The largest absolute Gasteiger partial charge is 0.465 e. The quantitative estimate of drug-likeness (QED) is 0.618. The molecule has 2 aromatic carbocycles. The first kappa shape index (κ1) is 17.9. The number of hydrogen-bond donors (Lipinski definition) is 0. The molecule has 2 aromatic rings. The van der Waals surface area contributed by atoms with Gasteiger partial charge in [-0.3, -0.25) is 5.01 Å². The van der Waals surface area contributed by atoms with Gasteiger partial charge in [-0.15, -0.1) is 5.11 Å². The van der Waals surface area contributed by atoms with Crippen LogP contribution in [0.25, 0.3) is 0 Å². The van der Waals surface area contributed by atoms with Crippen LogP contribution in [0.4, 0.5) is 11.4 Å². The third kappa shape index (κ3) is 4.02. The van der Waals surface area contributed by atoms with Gasteiger partial charge in [0, 0.05) is 18.8 Å². The fourth-order valence-electron chi connectivity index (χ4n) is 3.00. The number of ether oxygens (including phenoxy) is 1. The number of esters is 1. The second-order valence-corrected chi connectivity index (χ2v) is 6.39. The number of piperazine rings is 1. The Balaban J connectivity index is 1.57. The van der Waals surface area contributed by atoms with Crippen LogP contribution in [0, 0.1) is 13.8 Å². The summed E-state index contributed by atoms with van der Waals surface area (Å²) < 4.78 is 4.69. The van der Waals surface area contributed by atoms with E-state index in [1.54, 1.807) is 24.3 Å². The Hall–Kier alpha value is -2.89. The molecule has 0 spiro atoms. The van der Waals surface area contributed by atoms with Crippen LogP contribution in [-0.2, 0) is 4.74 Å². The maximum Gasteiger partial charge on any atom is 0.337 e. The highest BCUT2D eigenvalue weighted by Gasteiger charge is 2.18. The first-order valence-corrected chi connectivity index (χ1v) is 8.74. The first-order chi connectivity index (χ1) is 12.6. The number of rotatable bonds is 4. The highest BCUT2D eigenvalue weighted by atomic mass is 16.5. The van der Waals surface area contributed by atoms with Gasteiger partial charge in [-0.1, -0.05) is 17.4 Å². The van der Waals surface area contributed by atoms with E-state index in [9.17, 15) is 4.79 Å². The summed E-state index contributed by atoms with van der Waals surface area (Å²) in [5.74, 6) is -0.351. The number of benzene rings is 2. The third-order valence-corrected chi connectivity index (χ3v) is 4.75. The fraction of sp³-hybridized carbons (Fsp3) is 0.350. The van der Waals surface area contributed by atoms with Crippen LogP contribution in [0.2, 0.25) is 0 Å². The van der Waals surface area contributed by atoms with Gasteiger partial charge in [0.2, 0.25) is 0 Å². The molecule has 1 heterocycles. The molecule has 0 bridgehead atoms. The lowest BCUT2D eigenvalue weighted by atomic mass is 10.1. The van der Waals surface area contributed by atoms with Crippen LogP contribution in [-0.4, -0.2) is 44.3 Å². The van der Waals surface area contributed by atoms with Crippen LogP contribution in [0.15, 0.2) is 52.8 Å². The van der Waals surface area contributed by atoms with E-state index in [0.717, 1.165) is 31.9 Å². The Labute approximate surface area is 154 Å². The predicted octanol–water partition coefficient (Wildman–Crippen LogP) is 3.91. The van der Waals surface area contributed by atoms with Gasteiger partial charge in [0.15, 0.2) is 0 Å². The van der Waals surface area contributed by atoms with Gasteiger partial charge in [0.25, 0.3) is 0 Å². The summed E-state index contributed by atoms with van der Waals surface area (Å²) in [4.78, 5) is 13.8. The van der Waals surface area contributed by atoms with Crippen molar-refractivity contribution in [3.05, 3.63) is 59.2 Å². The maximum absolute atomic E-state index is 11.4. The van der Waals surface area contributed by atoms with E-state index < -0.39 is 0 Å². The number of aryl methyl sites for hydroxylation is 1. The lowest BCUT2D eigenvalue weighted by Crippen LogP contribution is -2.44. The highest BCUT2D eigenvalue weighted by Crippen LogP contribution is 2.24.